The Bertz CT molecular complexity index is 962. The van der Waals surface area contributed by atoms with Gasteiger partial charge in [0.25, 0.3) is 0 Å². The normalized spacial score (nSPS) is 24.9. The van der Waals surface area contributed by atoms with Gasteiger partial charge in [0.15, 0.2) is 0 Å². The van der Waals surface area contributed by atoms with Gasteiger partial charge in [-0.3, -0.25) is 14.8 Å². The molecule has 3 fully saturated rings. The third-order valence-corrected chi connectivity index (χ3v) is 7.46. The van der Waals surface area contributed by atoms with Crippen LogP contribution in [-0.4, -0.2) is 22.5 Å². The number of aryl methyl sites for hydroxylation is 1. The standard InChI is InChI=1S/C26H32FN3O2/c1-3-20(14-27)18-32-23-6-4-21(5-7-23)25-8-11-26(12-9-25,13-10-25)24(31)29-17-22-16-28-15-19(2)30-22/h4-7,14-16H,3,8-13,17-18H2,1-2H3,(H,29,31)/b20-14+. The van der Waals surface area contributed by atoms with Crippen LogP contribution in [0, 0.1) is 12.3 Å². The van der Waals surface area contributed by atoms with E-state index in [0.29, 0.717) is 24.9 Å². The molecule has 0 radical (unpaired) electrons. The van der Waals surface area contributed by atoms with Crippen molar-refractivity contribution in [3.05, 3.63) is 65.5 Å². The van der Waals surface area contributed by atoms with Crippen molar-refractivity contribution in [3.63, 3.8) is 0 Å². The van der Waals surface area contributed by atoms with Crippen LogP contribution in [0.2, 0.25) is 0 Å². The molecule has 0 aliphatic heterocycles. The first kappa shape index (κ1) is 22.4. The summed E-state index contributed by atoms with van der Waals surface area (Å²) in [5, 5.41) is 3.12. The molecular weight excluding hydrogens is 405 g/mol. The number of fused-ring (bicyclic) bond motifs is 3. The molecule has 0 spiro atoms. The summed E-state index contributed by atoms with van der Waals surface area (Å²) >= 11 is 0. The smallest absolute Gasteiger partial charge is 0.226 e. The first-order valence-electron chi connectivity index (χ1n) is 11.6. The maximum atomic E-state index is 13.1. The van der Waals surface area contributed by atoms with Crippen LogP contribution in [-0.2, 0) is 16.8 Å². The Morgan fingerprint density at radius 3 is 2.41 bits per heavy atom. The molecule has 5 rings (SSSR count). The van der Waals surface area contributed by atoms with E-state index in [1.54, 1.807) is 12.4 Å². The number of nitrogens with zero attached hydrogens (tertiary/aromatic N) is 2. The number of benzene rings is 1. The molecule has 1 N–H and O–H groups in total. The Balaban J connectivity index is 1.35. The molecular formula is C26H32FN3O2. The lowest BCUT2D eigenvalue weighted by atomic mass is 9.51. The van der Waals surface area contributed by atoms with Crippen LogP contribution >= 0.6 is 0 Å². The molecule has 32 heavy (non-hydrogen) atoms. The van der Waals surface area contributed by atoms with Crippen LogP contribution in [0.15, 0.2) is 48.6 Å². The van der Waals surface area contributed by atoms with E-state index in [0.717, 1.165) is 55.7 Å². The summed E-state index contributed by atoms with van der Waals surface area (Å²) in [5.74, 6) is 0.919. The summed E-state index contributed by atoms with van der Waals surface area (Å²) in [4.78, 5) is 21.7. The van der Waals surface area contributed by atoms with E-state index in [2.05, 4.69) is 27.4 Å². The number of aromatic nitrogens is 2. The van der Waals surface area contributed by atoms with Gasteiger partial charge in [0.2, 0.25) is 5.91 Å². The van der Waals surface area contributed by atoms with Gasteiger partial charge in [0.1, 0.15) is 12.4 Å². The first-order valence-corrected chi connectivity index (χ1v) is 11.6. The molecule has 0 atom stereocenters. The molecule has 0 unspecified atom stereocenters. The maximum Gasteiger partial charge on any atom is 0.226 e. The second-order valence-electron chi connectivity index (χ2n) is 9.33. The van der Waals surface area contributed by atoms with Crippen molar-refractivity contribution in [2.75, 3.05) is 6.61 Å². The van der Waals surface area contributed by atoms with Crippen molar-refractivity contribution < 1.29 is 13.9 Å². The molecule has 0 saturated heterocycles. The highest BCUT2D eigenvalue weighted by Gasteiger charge is 2.52. The molecule has 6 heteroatoms. The van der Waals surface area contributed by atoms with Crippen molar-refractivity contribution in [2.45, 2.75) is 70.8 Å². The van der Waals surface area contributed by atoms with E-state index < -0.39 is 0 Å². The van der Waals surface area contributed by atoms with Gasteiger partial charge < -0.3 is 10.1 Å². The summed E-state index contributed by atoms with van der Waals surface area (Å²) in [5.41, 5.74) is 3.52. The lowest BCUT2D eigenvalue weighted by Gasteiger charge is -2.52. The van der Waals surface area contributed by atoms with Crippen molar-refractivity contribution in [1.82, 2.24) is 15.3 Å². The molecule has 1 aromatic carbocycles. The number of hydrogen-bond donors (Lipinski definition) is 1. The molecule has 3 saturated carbocycles. The summed E-state index contributed by atoms with van der Waals surface area (Å²) < 4.78 is 18.4. The van der Waals surface area contributed by atoms with Crippen LogP contribution < -0.4 is 10.1 Å². The Morgan fingerprint density at radius 2 is 1.81 bits per heavy atom. The molecule has 2 bridgehead atoms. The zero-order valence-electron chi connectivity index (χ0n) is 19.0. The highest BCUT2D eigenvalue weighted by Crippen LogP contribution is 2.57. The third kappa shape index (κ3) is 4.54. The average Bonchev–Trinajstić information content (AvgIpc) is 2.84. The van der Waals surface area contributed by atoms with E-state index in [4.69, 9.17) is 4.74 Å². The molecule has 170 valence electrons. The second-order valence-corrected chi connectivity index (χ2v) is 9.33. The topological polar surface area (TPSA) is 64.1 Å². The fourth-order valence-electron chi connectivity index (χ4n) is 5.21. The van der Waals surface area contributed by atoms with Crippen molar-refractivity contribution in [1.29, 1.82) is 0 Å². The number of nitrogens with one attached hydrogen (secondary N) is 1. The third-order valence-electron chi connectivity index (χ3n) is 7.46. The maximum absolute atomic E-state index is 13.1. The molecule has 3 aliphatic carbocycles. The predicted octanol–water partition coefficient (Wildman–Crippen LogP) is 5.34. The quantitative estimate of drug-likeness (QED) is 0.606. The Morgan fingerprint density at radius 1 is 1.12 bits per heavy atom. The van der Waals surface area contributed by atoms with Crippen LogP contribution in [0.25, 0.3) is 0 Å². The summed E-state index contributed by atoms with van der Waals surface area (Å²) in [6.45, 7) is 4.53. The van der Waals surface area contributed by atoms with Crippen LogP contribution in [0.1, 0.15) is 68.8 Å². The van der Waals surface area contributed by atoms with Crippen molar-refractivity contribution in [3.8, 4) is 5.75 Å². The van der Waals surface area contributed by atoms with Crippen LogP contribution in [0.5, 0.6) is 5.75 Å². The highest BCUT2D eigenvalue weighted by atomic mass is 19.1. The van der Waals surface area contributed by atoms with Gasteiger partial charge >= 0.3 is 0 Å². The monoisotopic (exact) mass is 437 g/mol. The second kappa shape index (κ2) is 9.39. The first-order chi connectivity index (χ1) is 15.5. The Labute approximate surface area is 189 Å². The van der Waals surface area contributed by atoms with Crippen LogP contribution in [0.4, 0.5) is 4.39 Å². The fourth-order valence-corrected chi connectivity index (χ4v) is 5.21. The minimum Gasteiger partial charge on any atom is -0.489 e. The van der Waals surface area contributed by atoms with Crippen molar-refractivity contribution in [2.24, 2.45) is 5.41 Å². The number of hydrogen-bond acceptors (Lipinski definition) is 4. The number of amides is 1. The van der Waals surface area contributed by atoms with E-state index in [9.17, 15) is 9.18 Å². The van der Waals surface area contributed by atoms with E-state index in [1.165, 1.54) is 5.56 Å². The molecule has 3 aliphatic rings. The lowest BCUT2D eigenvalue weighted by Crippen LogP contribution is -2.51. The largest absolute Gasteiger partial charge is 0.489 e. The SMILES string of the molecule is CC/C(=C\F)COc1ccc(C23CCC(C(=O)NCc4cncc(C)n4)(CC2)CC3)cc1. The molecule has 1 amide bonds. The minimum absolute atomic E-state index is 0.149. The van der Waals surface area contributed by atoms with Gasteiger partial charge in [-0.25, -0.2) is 4.39 Å². The minimum atomic E-state index is -0.253. The number of rotatable bonds is 8. The lowest BCUT2D eigenvalue weighted by molar-refractivity contribution is -0.138. The number of carbonyl (C=O) groups is 1. The predicted molar refractivity (Wildman–Crippen MR) is 122 cm³/mol. The fraction of sp³-hybridized carbons (Fsp3) is 0.500. The number of carbonyl (C=O) groups excluding carboxylic acids is 1. The number of ether oxygens (including phenoxy) is 1. The Kier molecular flexibility index (Phi) is 6.58. The summed E-state index contributed by atoms with van der Waals surface area (Å²) in [6, 6.07) is 8.27. The zero-order chi connectivity index (χ0) is 22.6. The highest BCUT2D eigenvalue weighted by molar-refractivity contribution is 5.83. The van der Waals surface area contributed by atoms with E-state index in [-0.39, 0.29) is 23.3 Å². The van der Waals surface area contributed by atoms with Gasteiger partial charge in [-0.1, -0.05) is 19.1 Å². The summed E-state index contributed by atoms with van der Waals surface area (Å²) in [7, 11) is 0. The molecule has 2 aromatic rings. The van der Waals surface area contributed by atoms with Gasteiger partial charge in [0.05, 0.1) is 30.5 Å². The molecule has 1 aromatic heterocycles. The van der Waals surface area contributed by atoms with Gasteiger partial charge in [-0.15, -0.1) is 0 Å². The number of halogens is 1. The van der Waals surface area contributed by atoms with Gasteiger partial charge in [-0.05, 0) is 80.6 Å². The van der Waals surface area contributed by atoms with Gasteiger partial charge in [-0.2, -0.15) is 0 Å². The van der Waals surface area contributed by atoms with E-state index in [1.807, 2.05) is 26.0 Å². The van der Waals surface area contributed by atoms with Crippen LogP contribution in [0.3, 0.4) is 0 Å². The zero-order valence-corrected chi connectivity index (χ0v) is 19.0. The van der Waals surface area contributed by atoms with Crippen molar-refractivity contribution >= 4 is 5.91 Å². The average molecular weight is 438 g/mol. The molecule has 1 heterocycles. The Hall–Kier alpha value is -2.76. The van der Waals surface area contributed by atoms with Gasteiger partial charge in [0, 0.05) is 11.6 Å². The molecule has 5 nitrogen and oxygen atoms in total. The van der Waals surface area contributed by atoms with E-state index >= 15 is 0 Å². The summed E-state index contributed by atoms with van der Waals surface area (Å²) in [6.07, 6.45) is 10.5.